The largest absolute Gasteiger partial charge is 0.481 e. The quantitative estimate of drug-likeness (QED) is 0.816. The van der Waals surface area contributed by atoms with Crippen molar-refractivity contribution in [1.82, 2.24) is 4.90 Å². The zero-order valence-electron chi connectivity index (χ0n) is 13.7. The number of carbonyl (C=O) groups excluding carboxylic acids is 1. The van der Waals surface area contributed by atoms with Crippen LogP contribution in [0.25, 0.3) is 0 Å². The molecular weight excluding hydrogens is 278 g/mol. The minimum atomic E-state index is -0.766. The maximum Gasteiger partial charge on any atom is 0.310 e. The molecule has 22 heavy (non-hydrogen) atoms. The second-order valence-corrected chi connectivity index (χ2v) is 7.73. The van der Waals surface area contributed by atoms with Gasteiger partial charge < -0.3 is 10.0 Å². The van der Waals surface area contributed by atoms with Crippen LogP contribution in [0.4, 0.5) is 0 Å². The Balaban J connectivity index is 1.64. The van der Waals surface area contributed by atoms with Crippen LogP contribution in [0, 0.1) is 11.3 Å². The van der Waals surface area contributed by atoms with Crippen molar-refractivity contribution in [2.24, 2.45) is 11.3 Å². The monoisotopic (exact) mass is 307 g/mol. The highest BCUT2D eigenvalue weighted by Gasteiger charge is 2.48. The summed E-state index contributed by atoms with van der Waals surface area (Å²) in [6, 6.07) is 0.773. The zero-order valence-corrected chi connectivity index (χ0v) is 13.7. The van der Waals surface area contributed by atoms with Crippen molar-refractivity contribution < 1.29 is 14.7 Å². The van der Waals surface area contributed by atoms with Crippen LogP contribution < -0.4 is 0 Å². The number of carboxylic acids is 1. The molecule has 0 aliphatic heterocycles. The van der Waals surface area contributed by atoms with Gasteiger partial charge in [0.1, 0.15) is 0 Å². The van der Waals surface area contributed by atoms with Crippen LogP contribution in [-0.4, -0.2) is 34.0 Å². The van der Waals surface area contributed by atoms with Gasteiger partial charge in [0.25, 0.3) is 0 Å². The number of amides is 1. The van der Waals surface area contributed by atoms with Crippen molar-refractivity contribution in [3.8, 4) is 0 Å². The minimum absolute atomic E-state index is 0.115. The van der Waals surface area contributed by atoms with Crippen LogP contribution in [-0.2, 0) is 9.59 Å². The van der Waals surface area contributed by atoms with Gasteiger partial charge in [-0.2, -0.15) is 0 Å². The standard InChI is InChI=1S/C18H29NO3/c1-2-13-4-6-14(7-5-13)19(15-8-9-15)16(20)12-18(17(21)22)10-3-11-18/h13-15H,2-12H2,1H3,(H,21,22). The van der Waals surface area contributed by atoms with Crippen molar-refractivity contribution in [3.63, 3.8) is 0 Å². The molecule has 0 saturated heterocycles. The van der Waals surface area contributed by atoms with Crippen molar-refractivity contribution in [2.75, 3.05) is 0 Å². The van der Waals surface area contributed by atoms with E-state index < -0.39 is 11.4 Å². The van der Waals surface area contributed by atoms with E-state index in [0.717, 1.165) is 38.0 Å². The molecule has 0 atom stereocenters. The highest BCUT2D eigenvalue weighted by Crippen LogP contribution is 2.46. The maximum absolute atomic E-state index is 12.9. The summed E-state index contributed by atoms with van der Waals surface area (Å²) in [5, 5.41) is 9.47. The van der Waals surface area contributed by atoms with Gasteiger partial charge >= 0.3 is 5.97 Å². The number of aliphatic carboxylic acids is 1. The molecule has 0 aromatic rings. The molecule has 0 aromatic carbocycles. The lowest BCUT2D eigenvalue weighted by molar-refractivity contribution is -0.160. The Hall–Kier alpha value is -1.06. The van der Waals surface area contributed by atoms with Crippen molar-refractivity contribution >= 4 is 11.9 Å². The molecule has 4 nitrogen and oxygen atoms in total. The molecule has 0 radical (unpaired) electrons. The topological polar surface area (TPSA) is 57.6 Å². The van der Waals surface area contributed by atoms with Crippen LogP contribution in [0.3, 0.4) is 0 Å². The number of hydrogen-bond donors (Lipinski definition) is 1. The number of carboxylic acid groups (broad SMARTS) is 1. The molecule has 1 amide bonds. The molecule has 124 valence electrons. The van der Waals surface area contributed by atoms with Crippen molar-refractivity contribution in [3.05, 3.63) is 0 Å². The lowest BCUT2D eigenvalue weighted by Gasteiger charge is -2.41. The molecule has 1 N–H and O–H groups in total. The lowest BCUT2D eigenvalue weighted by Crippen LogP contribution is -2.48. The van der Waals surface area contributed by atoms with E-state index in [4.69, 9.17) is 0 Å². The van der Waals surface area contributed by atoms with Gasteiger partial charge in [-0.15, -0.1) is 0 Å². The average molecular weight is 307 g/mol. The Bertz CT molecular complexity index is 432. The summed E-state index contributed by atoms with van der Waals surface area (Å²) in [5.74, 6) is 0.173. The fourth-order valence-corrected chi connectivity index (χ4v) is 4.34. The third-order valence-corrected chi connectivity index (χ3v) is 6.27. The number of rotatable bonds is 6. The third-order valence-electron chi connectivity index (χ3n) is 6.27. The predicted molar refractivity (Wildman–Crippen MR) is 84.4 cm³/mol. The summed E-state index contributed by atoms with van der Waals surface area (Å²) in [7, 11) is 0. The molecule has 0 aromatic heterocycles. The van der Waals surface area contributed by atoms with E-state index in [1.165, 1.54) is 19.3 Å². The van der Waals surface area contributed by atoms with Gasteiger partial charge in [0.2, 0.25) is 5.91 Å². The van der Waals surface area contributed by atoms with Crippen LogP contribution in [0.5, 0.6) is 0 Å². The van der Waals surface area contributed by atoms with Crippen molar-refractivity contribution in [1.29, 1.82) is 0 Å². The third kappa shape index (κ3) is 3.02. The Morgan fingerprint density at radius 2 is 1.59 bits per heavy atom. The zero-order chi connectivity index (χ0) is 15.7. The minimum Gasteiger partial charge on any atom is -0.481 e. The molecule has 4 heteroatoms. The molecule has 0 heterocycles. The fraction of sp³-hybridized carbons (Fsp3) is 0.889. The molecule has 3 rings (SSSR count). The van der Waals surface area contributed by atoms with Gasteiger partial charge in [-0.1, -0.05) is 19.8 Å². The average Bonchev–Trinajstić information content (AvgIpc) is 3.28. The van der Waals surface area contributed by atoms with Gasteiger partial charge in [0.15, 0.2) is 0 Å². The summed E-state index contributed by atoms with van der Waals surface area (Å²) in [5.41, 5.74) is -0.745. The first kappa shape index (κ1) is 15.8. The Morgan fingerprint density at radius 1 is 1.05 bits per heavy atom. The van der Waals surface area contributed by atoms with E-state index in [1.54, 1.807) is 0 Å². The first-order valence-electron chi connectivity index (χ1n) is 9.10. The highest BCUT2D eigenvalue weighted by atomic mass is 16.4. The SMILES string of the molecule is CCC1CCC(N(C(=O)CC2(C(=O)O)CCC2)C2CC2)CC1. The van der Waals surface area contributed by atoms with E-state index in [2.05, 4.69) is 11.8 Å². The Labute approximate surface area is 133 Å². The second-order valence-electron chi connectivity index (χ2n) is 7.73. The maximum atomic E-state index is 12.9. The summed E-state index contributed by atoms with van der Waals surface area (Å²) >= 11 is 0. The van der Waals surface area contributed by atoms with Crippen LogP contribution in [0.1, 0.15) is 77.6 Å². The summed E-state index contributed by atoms with van der Waals surface area (Å²) in [6.45, 7) is 2.25. The lowest BCUT2D eigenvalue weighted by atomic mass is 9.66. The number of nitrogens with zero attached hydrogens (tertiary/aromatic N) is 1. The first-order valence-corrected chi connectivity index (χ1v) is 9.10. The van der Waals surface area contributed by atoms with Crippen LogP contribution >= 0.6 is 0 Å². The number of carbonyl (C=O) groups is 2. The molecule has 0 bridgehead atoms. The molecule has 0 spiro atoms. The molecule has 3 saturated carbocycles. The summed E-state index contributed by atoms with van der Waals surface area (Å²) in [6.07, 6.45) is 10.7. The fourth-order valence-electron chi connectivity index (χ4n) is 4.34. The second kappa shape index (κ2) is 6.21. The molecule has 3 aliphatic carbocycles. The Kier molecular flexibility index (Phi) is 4.47. The van der Waals surface area contributed by atoms with Crippen LogP contribution in [0.2, 0.25) is 0 Å². The first-order chi connectivity index (χ1) is 10.6. The predicted octanol–water partition coefficient (Wildman–Crippen LogP) is 3.59. The summed E-state index contributed by atoms with van der Waals surface area (Å²) < 4.78 is 0. The van der Waals surface area contributed by atoms with Gasteiger partial charge in [-0.3, -0.25) is 9.59 Å². The van der Waals surface area contributed by atoms with E-state index in [0.29, 0.717) is 24.9 Å². The van der Waals surface area contributed by atoms with Gasteiger partial charge in [-0.05, 0) is 57.3 Å². The Morgan fingerprint density at radius 3 is 1.95 bits per heavy atom. The molecule has 3 aliphatic rings. The van der Waals surface area contributed by atoms with E-state index in [9.17, 15) is 14.7 Å². The number of hydrogen-bond acceptors (Lipinski definition) is 2. The van der Waals surface area contributed by atoms with Crippen molar-refractivity contribution in [2.45, 2.75) is 89.6 Å². The smallest absolute Gasteiger partial charge is 0.310 e. The van der Waals surface area contributed by atoms with Gasteiger partial charge in [0, 0.05) is 18.5 Å². The van der Waals surface area contributed by atoms with Gasteiger partial charge in [-0.25, -0.2) is 0 Å². The molecule has 0 unspecified atom stereocenters. The van der Waals surface area contributed by atoms with Gasteiger partial charge in [0.05, 0.1) is 5.41 Å². The van der Waals surface area contributed by atoms with E-state index >= 15 is 0 Å². The van der Waals surface area contributed by atoms with Crippen LogP contribution in [0.15, 0.2) is 0 Å². The normalized spacial score (nSPS) is 30.4. The molecule has 3 fully saturated rings. The highest BCUT2D eigenvalue weighted by molar-refractivity contribution is 5.86. The molecular formula is C18H29NO3. The van der Waals surface area contributed by atoms with E-state index in [1.807, 2.05) is 0 Å². The van der Waals surface area contributed by atoms with E-state index in [-0.39, 0.29) is 12.3 Å². The summed E-state index contributed by atoms with van der Waals surface area (Å²) in [4.78, 5) is 26.5.